The first-order chi connectivity index (χ1) is 10.5. The van der Waals surface area contributed by atoms with E-state index in [2.05, 4.69) is 10.6 Å². The Kier molecular flexibility index (Phi) is 6.02. The highest BCUT2D eigenvalue weighted by atomic mass is 35.5. The number of aliphatic carboxylic acids is 1. The van der Waals surface area contributed by atoms with Crippen LogP contribution in [0.1, 0.15) is 6.42 Å². The molecule has 1 aliphatic heterocycles. The summed E-state index contributed by atoms with van der Waals surface area (Å²) >= 11 is 11.8. The quantitative estimate of drug-likeness (QED) is 0.756. The molecule has 0 aromatic heterocycles. The van der Waals surface area contributed by atoms with Crippen molar-refractivity contribution in [3.05, 3.63) is 28.2 Å². The van der Waals surface area contributed by atoms with E-state index in [1.165, 1.54) is 6.07 Å². The Morgan fingerprint density at radius 3 is 2.59 bits per heavy atom. The van der Waals surface area contributed by atoms with Crippen LogP contribution in [0.25, 0.3) is 0 Å². The molecule has 1 aliphatic rings. The molecule has 3 N–H and O–H groups in total. The van der Waals surface area contributed by atoms with Crippen molar-refractivity contribution in [2.75, 3.05) is 31.5 Å². The first-order valence-corrected chi connectivity index (χ1v) is 7.65. The van der Waals surface area contributed by atoms with E-state index in [-0.39, 0.29) is 6.42 Å². The van der Waals surface area contributed by atoms with Gasteiger partial charge in [0.2, 0.25) is 5.91 Å². The smallest absolute Gasteiger partial charge is 0.321 e. The number of carbonyl (C=O) groups excluding carboxylic acids is 1. The number of halogens is 2. The number of rotatable bonds is 5. The molecular formula is C14H17Cl2N3O3. The van der Waals surface area contributed by atoms with Gasteiger partial charge in [0.15, 0.2) is 0 Å². The third-order valence-electron chi connectivity index (χ3n) is 3.46. The van der Waals surface area contributed by atoms with Crippen LogP contribution in [0.3, 0.4) is 0 Å². The zero-order valence-electron chi connectivity index (χ0n) is 11.8. The van der Waals surface area contributed by atoms with Gasteiger partial charge >= 0.3 is 5.97 Å². The van der Waals surface area contributed by atoms with E-state index < -0.39 is 17.9 Å². The number of nitrogens with zero attached hydrogens (tertiary/aromatic N) is 1. The number of carbonyl (C=O) groups is 2. The van der Waals surface area contributed by atoms with Crippen molar-refractivity contribution >= 4 is 40.8 Å². The van der Waals surface area contributed by atoms with Crippen molar-refractivity contribution in [2.24, 2.45) is 0 Å². The third-order valence-corrected chi connectivity index (χ3v) is 4.01. The Morgan fingerprint density at radius 2 is 2.00 bits per heavy atom. The minimum atomic E-state index is -1.00. The van der Waals surface area contributed by atoms with Crippen LogP contribution in [0.15, 0.2) is 18.2 Å². The van der Waals surface area contributed by atoms with E-state index in [0.717, 1.165) is 0 Å². The molecular weight excluding hydrogens is 329 g/mol. The van der Waals surface area contributed by atoms with Crippen molar-refractivity contribution in [3.63, 3.8) is 0 Å². The van der Waals surface area contributed by atoms with Gasteiger partial charge in [-0.15, -0.1) is 0 Å². The highest BCUT2D eigenvalue weighted by Gasteiger charge is 2.29. The van der Waals surface area contributed by atoms with Crippen molar-refractivity contribution in [3.8, 4) is 0 Å². The summed E-state index contributed by atoms with van der Waals surface area (Å²) in [6, 6.07) is 3.87. The maximum absolute atomic E-state index is 12.1. The van der Waals surface area contributed by atoms with E-state index in [0.29, 0.717) is 41.9 Å². The molecule has 1 atom stereocenters. The molecule has 1 aromatic carbocycles. The van der Waals surface area contributed by atoms with Gasteiger partial charge in [-0.05, 0) is 18.2 Å². The first-order valence-electron chi connectivity index (χ1n) is 6.90. The molecule has 1 saturated heterocycles. The SMILES string of the molecule is O=C(C[C@H](C(=O)O)N1CCNCC1)Nc1ccc(Cl)cc1Cl. The average molecular weight is 346 g/mol. The highest BCUT2D eigenvalue weighted by molar-refractivity contribution is 6.36. The van der Waals surface area contributed by atoms with Crippen LogP contribution in [0.5, 0.6) is 0 Å². The van der Waals surface area contributed by atoms with Crippen molar-refractivity contribution in [1.29, 1.82) is 0 Å². The molecule has 120 valence electrons. The number of hydrogen-bond acceptors (Lipinski definition) is 4. The van der Waals surface area contributed by atoms with Gasteiger partial charge in [-0.3, -0.25) is 14.5 Å². The monoisotopic (exact) mass is 345 g/mol. The van der Waals surface area contributed by atoms with Crippen LogP contribution >= 0.6 is 23.2 Å². The fraction of sp³-hybridized carbons (Fsp3) is 0.429. The number of hydrogen-bond donors (Lipinski definition) is 3. The molecule has 0 spiro atoms. The Balaban J connectivity index is 2.00. The topological polar surface area (TPSA) is 81.7 Å². The standard InChI is InChI=1S/C14H17Cl2N3O3/c15-9-1-2-11(10(16)7-9)18-13(20)8-12(14(21)22)19-5-3-17-4-6-19/h1-2,7,12,17H,3-6,8H2,(H,18,20)(H,21,22)/t12-/m1/s1. The van der Waals surface area contributed by atoms with Crippen LogP contribution in [0.4, 0.5) is 5.69 Å². The summed E-state index contributed by atoms with van der Waals surface area (Å²) in [5.74, 6) is -1.39. The molecule has 8 heteroatoms. The van der Waals surface area contributed by atoms with Gasteiger partial charge in [0, 0.05) is 31.2 Å². The summed E-state index contributed by atoms with van der Waals surface area (Å²) in [4.78, 5) is 25.3. The lowest BCUT2D eigenvalue weighted by molar-refractivity contribution is -0.145. The molecule has 1 fully saturated rings. The maximum atomic E-state index is 12.1. The van der Waals surface area contributed by atoms with E-state index in [1.807, 2.05) is 0 Å². The van der Waals surface area contributed by atoms with Gasteiger partial charge < -0.3 is 15.7 Å². The molecule has 1 aromatic rings. The zero-order chi connectivity index (χ0) is 16.1. The van der Waals surface area contributed by atoms with Crippen LogP contribution in [-0.4, -0.2) is 54.1 Å². The van der Waals surface area contributed by atoms with Crippen LogP contribution in [0, 0.1) is 0 Å². The zero-order valence-corrected chi connectivity index (χ0v) is 13.3. The molecule has 0 radical (unpaired) electrons. The van der Waals surface area contributed by atoms with E-state index in [1.54, 1.807) is 17.0 Å². The number of carboxylic acid groups (broad SMARTS) is 1. The first kappa shape index (κ1) is 17.0. The Labute approximate surface area is 138 Å². The van der Waals surface area contributed by atoms with Gasteiger partial charge in [0.05, 0.1) is 17.1 Å². The predicted octanol–water partition coefficient (Wildman–Crippen LogP) is 1.68. The van der Waals surface area contributed by atoms with E-state index >= 15 is 0 Å². The molecule has 2 rings (SSSR count). The number of nitrogens with one attached hydrogen (secondary N) is 2. The number of amides is 1. The Morgan fingerprint density at radius 1 is 1.32 bits per heavy atom. The molecule has 6 nitrogen and oxygen atoms in total. The normalized spacial score (nSPS) is 17.0. The Hall–Kier alpha value is -1.34. The minimum Gasteiger partial charge on any atom is -0.480 e. The lowest BCUT2D eigenvalue weighted by Crippen LogP contribution is -2.52. The summed E-state index contributed by atoms with van der Waals surface area (Å²) in [5, 5.41) is 15.9. The van der Waals surface area contributed by atoms with Crippen molar-refractivity contribution < 1.29 is 14.7 Å². The van der Waals surface area contributed by atoms with E-state index in [4.69, 9.17) is 23.2 Å². The fourth-order valence-electron chi connectivity index (χ4n) is 2.33. The summed E-state index contributed by atoms with van der Waals surface area (Å²) in [6.45, 7) is 2.64. The van der Waals surface area contributed by atoms with Gasteiger partial charge in [-0.1, -0.05) is 23.2 Å². The van der Waals surface area contributed by atoms with Crippen LogP contribution in [0.2, 0.25) is 10.0 Å². The lowest BCUT2D eigenvalue weighted by Gasteiger charge is -2.32. The summed E-state index contributed by atoms with van der Waals surface area (Å²) < 4.78 is 0. The maximum Gasteiger partial charge on any atom is 0.321 e. The number of carboxylic acids is 1. The fourth-order valence-corrected chi connectivity index (χ4v) is 2.79. The summed E-state index contributed by atoms with van der Waals surface area (Å²) in [5.41, 5.74) is 0.417. The second-order valence-corrected chi connectivity index (χ2v) is 5.86. The molecule has 0 bridgehead atoms. The summed E-state index contributed by atoms with van der Waals surface area (Å²) in [6.07, 6.45) is -0.131. The molecule has 0 saturated carbocycles. The van der Waals surface area contributed by atoms with E-state index in [9.17, 15) is 14.7 Å². The van der Waals surface area contributed by atoms with Crippen LogP contribution < -0.4 is 10.6 Å². The summed E-state index contributed by atoms with van der Waals surface area (Å²) in [7, 11) is 0. The second-order valence-electron chi connectivity index (χ2n) is 5.02. The average Bonchev–Trinajstić information content (AvgIpc) is 2.48. The minimum absolute atomic E-state index is 0.131. The largest absolute Gasteiger partial charge is 0.480 e. The van der Waals surface area contributed by atoms with Gasteiger partial charge in [0.1, 0.15) is 6.04 Å². The van der Waals surface area contributed by atoms with Gasteiger partial charge in [-0.2, -0.15) is 0 Å². The number of benzene rings is 1. The molecule has 0 unspecified atom stereocenters. The molecule has 22 heavy (non-hydrogen) atoms. The highest BCUT2D eigenvalue weighted by Crippen LogP contribution is 2.25. The number of anilines is 1. The van der Waals surface area contributed by atoms with Crippen LogP contribution in [-0.2, 0) is 9.59 Å². The van der Waals surface area contributed by atoms with Crippen molar-refractivity contribution in [1.82, 2.24) is 10.2 Å². The molecule has 1 heterocycles. The predicted molar refractivity (Wildman–Crippen MR) is 85.6 cm³/mol. The van der Waals surface area contributed by atoms with Gasteiger partial charge in [-0.25, -0.2) is 0 Å². The number of piperazine rings is 1. The van der Waals surface area contributed by atoms with Gasteiger partial charge in [0.25, 0.3) is 0 Å². The third kappa shape index (κ3) is 4.58. The lowest BCUT2D eigenvalue weighted by atomic mass is 10.1. The second kappa shape index (κ2) is 7.78. The van der Waals surface area contributed by atoms with Crippen molar-refractivity contribution in [2.45, 2.75) is 12.5 Å². The molecule has 1 amide bonds. The molecule has 0 aliphatic carbocycles. The Bertz CT molecular complexity index is 562.